The van der Waals surface area contributed by atoms with E-state index in [1.54, 1.807) is 0 Å². The summed E-state index contributed by atoms with van der Waals surface area (Å²) in [6.07, 6.45) is 0.924. The van der Waals surface area contributed by atoms with Gasteiger partial charge in [0.2, 0.25) is 0 Å². The normalized spacial score (nSPS) is 28.2. The topological polar surface area (TPSA) is 29.5 Å². The molecule has 0 spiro atoms. The van der Waals surface area contributed by atoms with Crippen molar-refractivity contribution in [1.29, 1.82) is 0 Å². The van der Waals surface area contributed by atoms with Crippen molar-refractivity contribution in [3.8, 4) is 0 Å². The van der Waals surface area contributed by atoms with E-state index in [0.29, 0.717) is 6.61 Å². The Balaban J connectivity index is 1.87. The molecule has 1 fully saturated rings. The second-order valence-corrected chi connectivity index (χ2v) is 7.23. The van der Waals surface area contributed by atoms with E-state index in [9.17, 15) is 4.57 Å². The molecule has 2 aromatic rings. The van der Waals surface area contributed by atoms with Crippen LogP contribution in [0, 0.1) is 0 Å². The van der Waals surface area contributed by atoms with Crippen LogP contribution < -0.4 is 9.97 Å². The van der Waals surface area contributed by atoms with Crippen molar-refractivity contribution in [2.45, 2.75) is 12.5 Å². The zero-order valence-electron chi connectivity index (χ0n) is 10.4. The quantitative estimate of drug-likeness (QED) is 0.747. The number of nitrogens with zero attached hydrogens (tertiary/aromatic N) is 1. The Kier molecular flexibility index (Phi) is 2.35. The number of para-hydroxylation sites is 1. The number of hydrogen-bond donors (Lipinski definition) is 0. The molecule has 3 nitrogen and oxygen atoms in total. The third-order valence-corrected chi connectivity index (χ3v) is 6.41. The van der Waals surface area contributed by atoms with Gasteiger partial charge in [0.05, 0.1) is 18.0 Å². The maximum Gasteiger partial charge on any atom is 0.326 e. The predicted molar refractivity (Wildman–Crippen MR) is 76.0 cm³/mol. The fourth-order valence-electron chi connectivity index (χ4n) is 2.99. The van der Waals surface area contributed by atoms with E-state index in [1.165, 1.54) is 5.56 Å². The van der Waals surface area contributed by atoms with Gasteiger partial charge in [-0.2, -0.15) is 0 Å². The molecule has 1 unspecified atom stereocenters. The molecule has 0 saturated carbocycles. The van der Waals surface area contributed by atoms with Gasteiger partial charge in [-0.3, -0.25) is 9.24 Å². The maximum absolute atomic E-state index is 13.3. The second kappa shape index (κ2) is 3.96. The van der Waals surface area contributed by atoms with Crippen molar-refractivity contribution in [2.24, 2.45) is 0 Å². The zero-order chi connectivity index (χ0) is 12.9. The molecule has 0 aliphatic carbocycles. The fourth-order valence-corrected chi connectivity index (χ4v) is 5.50. The van der Waals surface area contributed by atoms with Crippen LogP contribution in [0.5, 0.6) is 0 Å². The minimum atomic E-state index is -2.93. The highest BCUT2D eigenvalue weighted by Crippen LogP contribution is 2.61. The molecular formula is C15H14NO2P. The lowest BCUT2D eigenvalue weighted by atomic mass is 10.1. The Morgan fingerprint density at radius 1 is 1.05 bits per heavy atom. The van der Waals surface area contributed by atoms with Crippen LogP contribution in [-0.2, 0) is 15.5 Å². The van der Waals surface area contributed by atoms with E-state index in [0.717, 1.165) is 17.4 Å². The second-order valence-electron chi connectivity index (χ2n) is 4.98. The highest BCUT2D eigenvalue weighted by molar-refractivity contribution is 7.68. The van der Waals surface area contributed by atoms with Crippen LogP contribution in [0.25, 0.3) is 0 Å². The summed E-state index contributed by atoms with van der Waals surface area (Å²) < 4.78 is 21.0. The first-order chi connectivity index (χ1) is 9.29. The molecule has 2 aromatic carbocycles. The Bertz CT molecular complexity index is 671. The first kappa shape index (κ1) is 11.3. The Hall–Kier alpha value is -1.57. The molecule has 4 heteroatoms. The molecule has 2 aliphatic heterocycles. The van der Waals surface area contributed by atoms with E-state index >= 15 is 0 Å². The Morgan fingerprint density at radius 2 is 1.79 bits per heavy atom. The Morgan fingerprint density at radius 3 is 2.63 bits per heavy atom. The zero-order valence-corrected chi connectivity index (χ0v) is 11.3. The molecule has 2 aliphatic rings. The van der Waals surface area contributed by atoms with Crippen molar-refractivity contribution in [1.82, 2.24) is 0 Å². The number of rotatable bonds is 1. The van der Waals surface area contributed by atoms with E-state index in [-0.39, 0.29) is 6.04 Å². The minimum Gasteiger partial charge on any atom is -0.308 e. The van der Waals surface area contributed by atoms with Crippen molar-refractivity contribution in [3.05, 3.63) is 60.2 Å². The van der Waals surface area contributed by atoms with Crippen molar-refractivity contribution >= 4 is 18.5 Å². The van der Waals surface area contributed by atoms with E-state index in [4.69, 9.17) is 4.52 Å². The molecular weight excluding hydrogens is 257 g/mol. The number of hydrogen-bond acceptors (Lipinski definition) is 2. The van der Waals surface area contributed by atoms with Gasteiger partial charge < -0.3 is 4.52 Å². The van der Waals surface area contributed by atoms with Crippen LogP contribution in [0.4, 0.5) is 5.69 Å². The van der Waals surface area contributed by atoms with Gasteiger partial charge in [-0.1, -0.05) is 36.4 Å². The average Bonchev–Trinajstić information content (AvgIpc) is 2.99. The molecule has 0 radical (unpaired) electrons. The van der Waals surface area contributed by atoms with Gasteiger partial charge in [-0.05, 0) is 30.2 Å². The summed E-state index contributed by atoms with van der Waals surface area (Å²) in [5.41, 5.74) is 2.34. The molecule has 2 atom stereocenters. The summed E-state index contributed by atoms with van der Waals surface area (Å²) in [5, 5.41) is 0.786. The number of benzene rings is 2. The largest absolute Gasteiger partial charge is 0.326 e. The van der Waals surface area contributed by atoms with Gasteiger partial charge in [-0.15, -0.1) is 0 Å². The molecule has 4 rings (SSSR count). The molecule has 19 heavy (non-hydrogen) atoms. The minimum absolute atomic E-state index is 0.212. The van der Waals surface area contributed by atoms with Crippen LogP contribution in [0.3, 0.4) is 0 Å². The molecule has 96 valence electrons. The highest BCUT2D eigenvalue weighted by atomic mass is 31.2. The van der Waals surface area contributed by atoms with E-state index in [1.807, 2.05) is 53.2 Å². The van der Waals surface area contributed by atoms with E-state index < -0.39 is 7.52 Å². The molecule has 0 N–H and O–H groups in total. The third kappa shape index (κ3) is 1.52. The highest BCUT2D eigenvalue weighted by Gasteiger charge is 2.49. The smallest absolute Gasteiger partial charge is 0.308 e. The van der Waals surface area contributed by atoms with Gasteiger partial charge in [-0.25, -0.2) is 0 Å². The SMILES string of the molecule is O=P1(c2ccccc2)OC[C@@H]2Cc3ccccc3N21. The van der Waals surface area contributed by atoms with Crippen molar-refractivity contribution in [2.75, 3.05) is 11.3 Å². The lowest BCUT2D eigenvalue weighted by Crippen LogP contribution is -2.26. The fraction of sp³-hybridized carbons (Fsp3) is 0.200. The lowest BCUT2D eigenvalue weighted by molar-refractivity contribution is 0.340. The van der Waals surface area contributed by atoms with Gasteiger partial charge in [0, 0.05) is 5.69 Å². The third-order valence-electron chi connectivity index (χ3n) is 3.85. The van der Waals surface area contributed by atoms with Crippen LogP contribution in [0.1, 0.15) is 5.56 Å². The van der Waals surface area contributed by atoms with Crippen LogP contribution in [0.15, 0.2) is 54.6 Å². The summed E-state index contributed by atoms with van der Waals surface area (Å²) in [7, 11) is -2.93. The van der Waals surface area contributed by atoms with Crippen molar-refractivity contribution in [3.63, 3.8) is 0 Å². The maximum atomic E-state index is 13.3. The first-order valence-electron chi connectivity index (χ1n) is 6.47. The van der Waals surface area contributed by atoms with Gasteiger partial charge in [0.1, 0.15) is 0 Å². The summed E-state index contributed by atoms with van der Waals surface area (Å²) in [4.78, 5) is 0. The lowest BCUT2D eigenvalue weighted by Gasteiger charge is -2.25. The number of fused-ring (bicyclic) bond motifs is 3. The first-order valence-corrected chi connectivity index (χ1v) is 8.04. The summed E-state index contributed by atoms with van der Waals surface area (Å²) in [6, 6.07) is 17.9. The Labute approximate surface area is 112 Å². The van der Waals surface area contributed by atoms with Crippen LogP contribution in [0.2, 0.25) is 0 Å². The average molecular weight is 271 g/mol. The molecule has 0 amide bonds. The van der Waals surface area contributed by atoms with Crippen LogP contribution >= 0.6 is 7.52 Å². The summed E-state index contributed by atoms with van der Waals surface area (Å²) >= 11 is 0. The standard InChI is InChI=1S/C15H14NO2P/c17-19(14-7-2-1-3-8-14)16-13(11-18-19)10-12-6-4-5-9-15(12)16/h1-9,13H,10-11H2/t13-,19?/m0/s1. The van der Waals surface area contributed by atoms with Gasteiger partial charge in [0.15, 0.2) is 0 Å². The van der Waals surface area contributed by atoms with Crippen molar-refractivity contribution < 1.29 is 9.09 Å². The predicted octanol–water partition coefficient (Wildman–Crippen LogP) is 2.97. The van der Waals surface area contributed by atoms with Gasteiger partial charge in [0.25, 0.3) is 0 Å². The molecule has 1 saturated heterocycles. The summed E-state index contributed by atoms with van der Waals surface area (Å²) in [5.74, 6) is 0. The molecule has 0 bridgehead atoms. The molecule has 2 heterocycles. The molecule has 0 aromatic heterocycles. The number of anilines is 1. The van der Waals surface area contributed by atoms with E-state index in [2.05, 4.69) is 6.07 Å². The monoisotopic (exact) mass is 271 g/mol. The van der Waals surface area contributed by atoms with Gasteiger partial charge >= 0.3 is 7.52 Å². The summed E-state index contributed by atoms with van der Waals surface area (Å²) in [6.45, 7) is 0.543. The van der Waals surface area contributed by atoms with Crippen LogP contribution in [-0.4, -0.2) is 12.6 Å².